The quantitative estimate of drug-likeness (QED) is 0.609. The van der Waals surface area contributed by atoms with Crippen LogP contribution in [0.15, 0.2) is 30.3 Å². The first-order valence-corrected chi connectivity index (χ1v) is 10.3. The molecule has 4 rings (SSSR count). The van der Waals surface area contributed by atoms with Crippen molar-refractivity contribution < 1.29 is 4.79 Å². The highest BCUT2D eigenvalue weighted by atomic mass is 35.5. The molecule has 0 spiro atoms. The van der Waals surface area contributed by atoms with Crippen LogP contribution in [0.2, 0.25) is 10.0 Å². The molecule has 1 aliphatic rings. The molecule has 0 radical (unpaired) electrons. The molecule has 0 bridgehead atoms. The van der Waals surface area contributed by atoms with Gasteiger partial charge in [-0.1, -0.05) is 23.2 Å². The van der Waals surface area contributed by atoms with Crippen molar-refractivity contribution in [1.82, 2.24) is 15.1 Å². The molecule has 1 N–H and O–H groups in total. The summed E-state index contributed by atoms with van der Waals surface area (Å²) < 4.78 is 1.68. The average molecular weight is 431 g/mol. The van der Waals surface area contributed by atoms with Crippen LogP contribution < -0.4 is 5.32 Å². The molecule has 28 heavy (non-hydrogen) atoms. The zero-order valence-electron chi connectivity index (χ0n) is 15.2. The van der Waals surface area contributed by atoms with E-state index in [1.54, 1.807) is 34.2 Å². The van der Waals surface area contributed by atoms with Gasteiger partial charge in [-0.15, -0.1) is 11.3 Å². The first-order chi connectivity index (χ1) is 13.3. The van der Waals surface area contributed by atoms with Gasteiger partial charge in [0.25, 0.3) is 5.91 Å². The van der Waals surface area contributed by atoms with Gasteiger partial charge < -0.3 is 5.32 Å². The summed E-state index contributed by atoms with van der Waals surface area (Å²) in [6, 6.07) is 11.4. The van der Waals surface area contributed by atoms with E-state index < -0.39 is 5.54 Å². The Balaban J connectivity index is 1.87. The van der Waals surface area contributed by atoms with E-state index in [1.165, 1.54) is 0 Å². The first-order valence-electron chi connectivity index (χ1n) is 8.69. The van der Waals surface area contributed by atoms with Crippen molar-refractivity contribution in [2.24, 2.45) is 0 Å². The molecule has 0 unspecified atom stereocenters. The highest BCUT2D eigenvalue weighted by molar-refractivity contribution is 7.15. The maximum Gasteiger partial charge on any atom is 0.273 e. The van der Waals surface area contributed by atoms with Crippen LogP contribution in [0.5, 0.6) is 0 Å². The van der Waals surface area contributed by atoms with Crippen molar-refractivity contribution in [2.45, 2.75) is 32.2 Å². The summed E-state index contributed by atoms with van der Waals surface area (Å²) in [5.74, 6) is -0.352. The number of benzene rings is 1. The summed E-state index contributed by atoms with van der Waals surface area (Å²) in [5.41, 5.74) is 1.70. The lowest BCUT2D eigenvalue weighted by molar-refractivity contribution is 0.0935. The number of halogens is 2. The maximum atomic E-state index is 12.9. The van der Waals surface area contributed by atoms with Crippen molar-refractivity contribution in [3.63, 3.8) is 0 Å². The number of nitrogens with one attached hydrogen (secondary N) is 1. The highest BCUT2D eigenvalue weighted by Gasteiger charge is 2.45. The van der Waals surface area contributed by atoms with Crippen molar-refractivity contribution in [3.05, 3.63) is 56.5 Å². The van der Waals surface area contributed by atoms with E-state index in [4.69, 9.17) is 23.2 Å². The van der Waals surface area contributed by atoms with E-state index in [9.17, 15) is 10.1 Å². The minimum Gasteiger partial charge on any atom is -0.332 e. The first kappa shape index (κ1) is 19.0. The van der Waals surface area contributed by atoms with Gasteiger partial charge >= 0.3 is 0 Å². The average Bonchev–Trinajstić information content (AvgIpc) is 3.15. The lowest BCUT2D eigenvalue weighted by atomic mass is 10.1. The predicted molar refractivity (Wildman–Crippen MR) is 111 cm³/mol. The molecule has 1 saturated carbocycles. The van der Waals surface area contributed by atoms with Crippen LogP contribution >= 0.6 is 34.5 Å². The number of carbonyl (C=O) groups is 1. The van der Waals surface area contributed by atoms with Crippen molar-refractivity contribution in [2.75, 3.05) is 0 Å². The molecular formula is C20H16Cl2N4OS. The Labute approximate surface area is 176 Å². The summed E-state index contributed by atoms with van der Waals surface area (Å²) in [4.78, 5) is 15.0. The number of nitriles is 1. The molecule has 0 saturated heterocycles. The summed E-state index contributed by atoms with van der Waals surface area (Å²) in [7, 11) is 0. The zero-order chi connectivity index (χ0) is 20.1. The van der Waals surface area contributed by atoms with E-state index in [2.05, 4.69) is 16.5 Å². The third kappa shape index (κ3) is 3.30. The lowest BCUT2D eigenvalue weighted by Crippen LogP contribution is -2.36. The standard InChI is InChI=1S/C20H16Cl2N4OS/c1-11-3-6-16(28-11)18-12(2)17(19(27)24-20(10-23)7-8-20)25-26(18)15-5-4-13(21)9-14(15)22/h3-6,9H,7-8H2,1-2H3,(H,24,27). The van der Waals surface area contributed by atoms with E-state index in [0.29, 0.717) is 28.6 Å². The Morgan fingerprint density at radius 1 is 1.29 bits per heavy atom. The van der Waals surface area contributed by atoms with Crippen LogP contribution in [-0.4, -0.2) is 21.2 Å². The molecule has 1 fully saturated rings. The Kier molecular flexibility index (Phi) is 4.70. The van der Waals surface area contributed by atoms with Crippen molar-refractivity contribution in [3.8, 4) is 22.3 Å². The van der Waals surface area contributed by atoms with Gasteiger partial charge in [0, 0.05) is 15.5 Å². The van der Waals surface area contributed by atoms with Gasteiger partial charge in [0.1, 0.15) is 5.54 Å². The van der Waals surface area contributed by atoms with Gasteiger partial charge in [0.2, 0.25) is 0 Å². The monoisotopic (exact) mass is 430 g/mol. The second kappa shape index (κ2) is 6.93. The summed E-state index contributed by atoms with van der Waals surface area (Å²) in [6.07, 6.45) is 1.32. The number of carbonyl (C=O) groups excluding carboxylic acids is 1. The fourth-order valence-electron chi connectivity index (χ4n) is 3.06. The van der Waals surface area contributed by atoms with Crippen molar-refractivity contribution in [1.29, 1.82) is 5.26 Å². The maximum absolute atomic E-state index is 12.9. The molecule has 8 heteroatoms. The molecule has 3 aromatic rings. The van der Waals surface area contributed by atoms with Gasteiger partial charge in [-0.05, 0) is 57.0 Å². The molecule has 1 aromatic carbocycles. The van der Waals surface area contributed by atoms with Crippen LogP contribution in [-0.2, 0) is 0 Å². The lowest BCUT2D eigenvalue weighted by Gasteiger charge is -2.09. The minimum atomic E-state index is -0.759. The van der Waals surface area contributed by atoms with Gasteiger partial charge in [-0.2, -0.15) is 10.4 Å². The number of aromatic nitrogens is 2. The number of hydrogen-bond donors (Lipinski definition) is 1. The Morgan fingerprint density at radius 3 is 2.61 bits per heavy atom. The van der Waals surface area contributed by atoms with E-state index in [1.807, 2.05) is 26.0 Å². The summed E-state index contributed by atoms with van der Waals surface area (Å²) in [5, 5.41) is 17.6. The summed E-state index contributed by atoms with van der Waals surface area (Å²) >= 11 is 14.1. The number of rotatable bonds is 4. The minimum absolute atomic E-state index is 0.286. The van der Waals surface area contributed by atoms with Crippen LogP contribution in [0.3, 0.4) is 0 Å². The Morgan fingerprint density at radius 2 is 2.04 bits per heavy atom. The third-order valence-electron chi connectivity index (χ3n) is 4.77. The number of aryl methyl sites for hydroxylation is 1. The highest BCUT2D eigenvalue weighted by Crippen LogP contribution is 2.37. The topological polar surface area (TPSA) is 70.7 Å². The molecular weight excluding hydrogens is 415 g/mol. The van der Waals surface area contributed by atoms with Crippen LogP contribution in [0, 0.1) is 25.2 Å². The molecule has 2 aromatic heterocycles. The van der Waals surface area contributed by atoms with E-state index in [0.717, 1.165) is 21.0 Å². The van der Waals surface area contributed by atoms with E-state index >= 15 is 0 Å². The fraction of sp³-hybridized carbons (Fsp3) is 0.250. The molecule has 0 aliphatic heterocycles. The Bertz CT molecular complexity index is 1140. The molecule has 5 nitrogen and oxygen atoms in total. The van der Waals surface area contributed by atoms with Crippen LogP contribution in [0.1, 0.15) is 33.8 Å². The van der Waals surface area contributed by atoms with Gasteiger partial charge in [-0.25, -0.2) is 4.68 Å². The van der Waals surface area contributed by atoms with Gasteiger partial charge in [0.15, 0.2) is 5.69 Å². The number of hydrogen-bond acceptors (Lipinski definition) is 4. The predicted octanol–water partition coefficient (Wildman–Crippen LogP) is 5.31. The largest absolute Gasteiger partial charge is 0.332 e. The SMILES string of the molecule is Cc1ccc(-c2c(C)c(C(=O)NC3(C#N)CC3)nn2-c2ccc(Cl)cc2Cl)s1. The molecule has 142 valence electrons. The van der Waals surface area contributed by atoms with Crippen LogP contribution in [0.4, 0.5) is 0 Å². The second-order valence-electron chi connectivity index (χ2n) is 6.89. The smallest absolute Gasteiger partial charge is 0.273 e. The Hall–Kier alpha value is -2.33. The normalized spacial score (nSPS) is 14.5. The number of nitrogens with zero attached hydrogens (tertiary/aromatic N) is 3. The van der Waals surface area contributed by atoms with Crippen LogP contribution in [0.25, 0.3) is 16.3 Å². The molecule has 0 atom stereocenters. The fourth-order valence-corrected chi connectivity index (χ4v) is 4.50. The molecule has 1 aliphatic carbocycles. The zero-order valence-corrected chi connectivity index (χ0v) is 17.5. The third-order valence-corrected chi connectivity index (χ3v) is 6.31. The van der Waals surface area contributed by atoms with Gasteiger partial charge in [-0.3, -0.25) is 4.79 Å². The molecule has 1 amide bonds. The van der Waals surface area contributed by atoms with E-state index in [-0.39, 0.29) is 11.6 Å². The number of amides is 1. The molecule has 2 heterocycles. The number of thiophene rings is 1. The summed E-state index contributed by atoms with van der Waals surface area (Å²) in [6.45, 7) is 3.88. The van der Waals surface area contributed by atoms with Gasteiger partial charge in [0.05, 0.1) is 27.4 Å². The van der Waals surface area contributed by atoms with Crippen molar-refractivity contribution >= 4 is 40.4 Å². The second-order valence-corrected chi connectivity index (χ2v) is 9.02.